The van der Waals surface area contributed by atoms with E-state index >= 15 is 0 Å². The lowest BCUT2D eigenvalue weighted by Gasteiger charge is -2.12. The lowest BCUT2D eigenvalue weighted by Crippen LogP contribution is -2.29. The second-order valence-electron chi connectivity index (χ2n) is 2.81. The molecule has 58 valence electrons. The number of hydrogen-bond donors (Lipinski definition) is 1. The van der Waals surface area contributed by atoms with Crippen molar-refractivity contribution >= 4 is 11.8 Å². The zero-order valence-electron chi connectivity index (χ0n) is 6.01. The monoisotopic (exact) mass is 159 g/mol. The lowest BCUT2D eigenvalue weighted by atomic mass is 10.2. The van der Waals surface area contributed by atoms with Gasteiger partial charge in [-0.3, -0.25) is 0 Å². The molecule has 2 aliphatic rings. The molecule has 2 aliphatic heterocycles. The van der Waals surface area contributed by atoms with Crippen molar-refractivity contribution in [2.45, 2.75) is 17.8 Å². The molecule has 1 N–H and O–H groups in total. The van der Waals surface area contributed by atoms with Crippen molar-refractivity contribution in [3.63, 3.8) is 0 Å². The molecule has 2 heterocycles. The van der Waals surface area contributed by atoms with Crippen molar-refractivity contribution in [2.75, 3.05) is 25.4 Å². The van der Waals surface area contributed by atoms with Crippen LogP contribution in [0.5, 0.6) is 0 Å². The van der Waals surface area contributed by atoms with Crippen molar-refractivity contribution in [3.8, 4) is 0 Å². The van der Waals surface area contributed by atoms with Crippen molar-refractivity contribution in [1.82, 2.24) is 5.32 Å². The summed E-state index contributed by atoms with van der Waals surface area (Å²) in [6.45, 7) is 3.20. The van der Waals surface area contributed by atoms with Gasteiger partial charge in [0.15, 0.2) is 0 Å². The van der Waals surface area contributed by atoms with Gasteiger partial charge in [-0.2, -0.15) is 11.8 Å². The standard InChI is InChI=1S/C7H13NOS/c1-3-9-6-5-8-2-4-10-7(1)6/h6-8H,1-5H2. The van der Waals surface area contributed by atoms with Crippen molar-refractivity contribution in [3.05, 3.63) is 0 Å². The minimum absolute atomic E-state index is 0.507. The Morgan fingerprint density at radius 3 is 3.50 bits per heavy atom. The van der Waals surface area contributed by atoms with Gasteiger partial charge in [-0.25, -0.2) is 0 Å². The van der Waals surface area contributed by atoms with Gasteiger partial charge in [-0.1, -0.05) is 0 Å². The topological polar surface area (TPSA) is 21.3 Å². The van der Waals surface area contributed by atoms with Gasteiger partial charge in [0.1, 0.15) is 0 Å². The van der Waals surface area contributed by atoms with Crippen LogP contribution in [0.2, 0.25) is 0 Å². The summed E-state index contributed by atoms with van der Waals surface area (Å²) in [4.78, 5) is 0. The van der Waals surface area contributed by atoms with Gasteiger partial charge in [-0.15, -0.1) is 0 Å². The second-order valence-corrected chi connectivity index (χ2v) is 4.16. The molecule has 2 rings (SSSR count). The van der Waals surface area contributed by atoms with E-state index in [4.69, 9.17) is 4.74 Å². The van der Waals surface area contributed by atoms with Crippen molar-refractivity contribution in [2.24, 2.45) is 0 Å². The van der Waals surface area contributed by atoms with Crippen molar-refractivity contribution < 1.29 is 4.74 Å². The third-order valence-electron chi connectivity index (χ3n) is 2.11. The van der Waals surface area contributed by atoms with E-state index in [1.165, 1.54) is 12.2 Å². The van der Waals surface area contributed by atoms with E-state index < -0.39 is 0 Å². The summed E-state index contributed by atoms with van der Waals surface area (Å²) in [5.74, 6) is 1.25. The summed E-state index contributed by atoms with van der Waals surface area (Å²) in [7, 11) is 0. The maximum Gasteiger partial charge on any atom is 0.0818 e. The van der Waals surface area contributed by atoms with Crippen LogP contribution in [0.4, 0.5) is 0 Å². The normalized spacial score (nSPS) is 40.8. The minimum atomic E-state index is 0.507. The van der Waals surface area contributed by atoms with Gasteiger partial charge < -0.3 is 10.1 Å². The molecular formula is C7H13NOS. The van der Waals surface area contributed by atoms with E-state index in [1.54, 1.807) is 0 Å². The Hall–Kier alpha value is 0.270. The maximum atomic E-state index is 5.55. The highest BCUT2D eigenvalue weighted by Gasteiger charge is 2.29. The molecule has 0 radical (unpaired) electrons. The van der Waals surface area contributed by atoms with Gasteiger partial charge in [-0.05, 0) is 6.42 Å². The molecular weight excluding hydrogens is 146 g/mol. The Kier molecular flexibility index (Phi) is 2.16. The first kappa shape index (κ1) is 6.95. The number of ether oxygens (including phenoxy) is 1. The molecule has 0 saturated carbocycles. The molecule has 10 heavy (non-hydrogen) atoms. The van der Waals surface area contributed by atoms with Crippen LogP contribution < -0.4 is 5.32 Å². The third-order valence-corrected chi connectivity index (χ3v) is 3.51. The predicted octanol–water partition coefficient (Wildman–Crippen LogP) is 0.480. The molecule has 2 saturated heterocycles. The van der Waals surface area contributed by atoms with Crippen LogP contribution in [-0.2, 0) is 4.74 Å². The zero-order chi connectivity index (χ0) is 6.81. The quantitative estimate of drug-likeness (QED) is 0.555. The Bertz CT molecular complexity index is 108. The highest BCUT2D eigenvalue weighted by atomic mass is 32.2. The summed E-state index contributed by atoms with van der Waals surface area (Å²) >= 11 is 2.07. The van der Waals surface area contributed by atoms with Crippen LogP contribution in [0, 0.1) is 0 Å². The molecule has 2 nitrogen and oxygen atoms in total. The maximum absolute atomic E-state index is 5.55. The van der Waals surface area contributed by atoms with Crippen LogP contribution in [0.15, 0.2) is 0 Å². The van der Waals surface area contributed by atoms with Crippen LogP contribution in [-0.4, -0.2) is 36.8 Å². The molecule has 0 amide bonds. The average molecular weight is 159 g/mol. The summed E-state index contributed by atoms with van der Waals surface area (Å²) in [6, 6.07) is 0. The summed E-state index contributed by atoms with van der Waals surface area (Å²) < 4.78 is 5.55. The average Bonchev–Trinajstić information content (AvgIpc) is 2.28. The van der Waals surface area contributed by atoms with Crippen LogP contribution in [0.25, 0.3) is 0 Å². The molecule has 0 aromatic rings. The molecule has 2 atom stereocenters. The van der Waals surface area contributed by atoms with E-state index in [0.29, 0.717) is 6.10 Å². The molecule has 0 aromatic carbocycles. The molecule has 2 fully saturated rings. The Balaban J connectivity index is 1.95. The van der Waals surface area contributed by atoms with Crippen LogP contribution in [0.3, 0.4) is 0 Å². The predicted molar refractivity (Wildman–Crippen MR) is 43.5 cm³/mol. The van der Waals surface area contributed by atoms with Gasteiger partial charge >= 0.3 is 0 Å². The zero-order valence-corrected chi connectivity index (χ0v) is 6.82. The largest absolute Gasteiger partial charge is 0.376 e. The molecule has 0 bridgehead atoms. The van der Waals surface area contributed by atoms with Crippen LogP contribution >= 0.6 is 11.8 Å². The fourth-order valence-electron chi connectivity index (χ4n) is 1.54. The number of nitrogens with one attached hydrogen (secondary N) is 1. The first-order valence-electron chi connectivity index (χ1n) is 3.91. The van der Waals surface area contributed by atoms with E-state index in [1.807, 2.05) is 0 Å². The van der Waals surface area contributed by atoms with E-state index in [9.17, 15) is 0 Å². The number of rotatable bonds is 0. The Morgan fingerprint density at radius 2 is 2.50 bits per heavy atom. The summed E-state index contributed by atoms with van der Waals surface area (Å²) in [6.07, 6.45) is 1.77. The van der Waals surface area contributed by atoms with E-state index in [-0.39, 0.29) is 0 Å². The summed E-state index contributed by atoms with van der Waals surface area (Å²) in [5.41, 5.74) is 0. The smallest absolute Gasteiger partial charge is 0.0818 e. The first-order chi connectivity index (χ1) is 4.97. The third kappa shape index (κ3) is 1.31. The Labute approximate surface area is 65.7 Å². The number of thioether (sulfide) groups is 1. The highest BCUT2D eigenvalue weighted by molar-refractivity contribution is 8.00. The van der Waals surface area contributed by atoms with Gasteiger partial charge in [0.05, 0.1) is 6.10 Å². The number of fused-ring (bicyclic) bond motifs is 1. The molecule has 0 spiro atoms. The molecule has 3 heteroatoms. The SMILES string of the molecule is C1CSC2CCOC2CN1. The lowest BCUT2D eigenvalue weighted by molar-refractivity contribution is 0.113. The van der Waals surface area contributed by atoms with E-state index in [2.05, 4.69) is 17.1 Å². The fraction of sp³-hybridized carbons (Fsp3) is 1.00. The van der Waals surface area contributed by atoms with Crippen LogP contribution in [0.1, 0.15) is 6.42 Å². The Morgan fingerprint density at radius 1 is 1.50 bits per heavy atom. The van der Waals surface area contributed by atoms with Gasteiger partial charge in [0.25, 0.3) is 0 Å². The molecule has 2 unspecified atom stereocenters. The molecule has 0 aromatic heterocycles. The highest BCUT2D eigenvalue weighted by Crippen LogP contribution is 2.27. The van der Waals surface area contributed by atoms with Gasteiger partial charge in [0, 0.05) is 30.7 Å². The second kappa shape index (κ2) is 3.11. The number of hydrogen-bond acceptors (Lipinski definition) is 3. The van der Waals surface area contributed by atoms with Crippen molar-refractivity contribution in [1.29, 1.82) is 0 Å². The molecule has 0 aliphatic carbocycles. The fourth-order valence-corrected chi connectivity index (χ4v) is 2.75. The van der Waals surface area contributed by atoms with E-state index in [0.717, 1.165) is 24.9 Å². The summed E-state index contributed by atoms with van der Waals surface area (Å²) in [5, 5.41) is 4.16. The first-order valence-corrected chi connectivity index (χ1v) is 4.95. The minimum Gasteiger partial charge on any atom is -0.376 e. The van der Waals surface area contributed by atoms with Gasteiger partial charge in [0.2, 0.25) is 0 Å².